The summed E-state index contributed by atoms with van der Waals surface area (Å²) in [5.74, 6) is 0. The minimum absolute atomic E-state index is 0.0203. The van der Waals surface area contributed by atoms with Gasteiger partial charge in [0.2, 0.25) is 0 Å². The van der Waals surface area contributed by atoms with Gasteiger partial charge in [-0.15, -0.1) is 0 Å². The summed E-state index contributed by atoms with van der Waals surface area (Å²) in [4.78, 5) is 0. The van der Waals surface area contributed by atoms with E-state index in [2.05, 4.69) is 0 Å². The summed E-state index contributed by atoms with van der Waals surface area (Å²) in [5.41, 5.74) is 0. The third-order valence-corrected chi connectivity index (χ3v) is 2.90. The third kappa shape index (κ3) is 25.0. The molecule has 0 unspecified atom stereocenters. The van der Waals surface area contributed by atoms with Crippen molar-refractivity contribution < 1.29 is 48.1 Å². The second-order valence-electron chi connectivity index (χ2n) is 5.14. The zero-order valence-corrected chi connectivity index (χ0v) is 16.6. The van der Waals surface area contributed by atoms with Crippen LogP contribution in [-0.4, -0.2) is 116 Å². The topological polar surface area (TPSA) is 114 Å². The van der Waals surface area contributed by atoms with E-state index in [1.807, 2.05) is 0 Å². The molecule has 10 nitrogen and oxygen atoms in total. The van der Waals surface area contributed by atoms with Gasteiger partial charge in [-0.05, 0) is 0 Å². The Morgan fingerprint density at radius 1 is 0.357 bits per heavy atom. The molecule has 0 heterocycles. The van der Waals surface area contributed by atoms with Gasteiger partial charge in [-0.1, -0.05) is 0 Å². The molecule has 10 heteroatoms. The van der Waals surface area contributed by atoms with Crippen LogP contribution in [0.1, 0.15) is 0 Å². The monoisotopic (exact) mass is 412 g/mol. The highest BCUT2D eigenvalue weighted by molar-refractivity contribution is 4.60. The molecule has 0 aromatic rings. The minimum Gasteiger partial charge on any atom is -0.496 e. The van der Waals surface area contributed by atoms with Gasteiger partial charge in [0.15, 0.2) is 0 Å². The van der Waals surface area contributed by atoms with Gasteiger partial charge in [0.1, 0.15) is 25.7 Å². The van der Waals surface area contributed by atoms with Gasteiger partial charge in [0, 0.05) is 0 Å². The lowest BCUT2D eigenvalue weighted by atomic mass is 10.7. The van der Waals surface area contributed by atoms with Gasteiger partial charge in [0.05, 0.1) is 92.5 Å². The molecule has 0 aliphatic heterocycles. The fraction of sp³-hybridized carbons (Fsp3) is 0.889. The van der Waals surface area contributed by atoms with Gasteiger partial charge in [-0.25, -0.2) is 0 Å². The summed E-state index contributed by atoms with van der Waals surface area (Å²) in [6, 6.07) is 0. The molecule has 0 fully saturated rings. The third-order valence-electron chi connectivity index (χ3n) is 2.90. The van der Waals surface area contributed by atoms with Gasteiger partial charge < -0.3 is 48.1 Å². The maximum absolute atomic E-state index is 8.52. The van der Waals surface area contributed by atoms with Crippen LogP contribution in [0.3, 0.4) is 0 Å². The van der Waals surface area contributed by atoms with Crippen LogP contribution in [0.5, 0.6) is 0 Å². The van der Waals surface area contributed by atoms with E-state index in [0.717, 1.165) is 0 Å². The Bertz CT molecular complexity index is 304. The highest BCUT2D eigenvalue weighted by Gasteiger charge is 1.93. The Labute approximate surface area is 167 Å². The standard InChI is InChI=1S/C18H36O10/c19-1-3-21-5-7-23-9-11-25-13-15-27-17-18-28-16-14-26-12-10-24-8-6-22-4-2-20/h13,15,19-20H,1-12,14,16-18H2/b15-13+. The number of hydrogen-bond acceptors (Lipinski definition) is 10. The second kappa shape index (κ2) is 26.0. The maximum atomic E-state index is 8.52. The largest absolute Gasteiger partial charge is 0.496 e. The molecule has 0 rings (SSSR count). The van der Waals surface area contributed by atoms with Gasteiger partial charge in [-0.3, -0.25) is 0 Å². The Morgan fingerprint density at radius 2 is 0.607 bits per heavy atom. The molecule has 0 aliphatic carbocycles. The van der Waals surface area contributed by atoms with E-state index in [4.69, 9.17) is 48.1 Å². The van der Waals surface area contributed by atoms with Crippen molar-refractivity contribution in [1.29, 1.82) is 0 Å². The first-order valence-corrected chi connectivity index (χ1v) is 9.48. The van der Waals surface area contributed by atoms with Crippen molar-refractivity contribution in [3.63, 3.8) is 0 Å². The second-order valence-corrected chi connectivity index (χ2v) is 5.14. The van der Waals surface area contributed by atoms with E-state index >= 15 is 0 Å². The molecule has 0 saturated heterocycles. The molecule has 0 atom stereocenters. The molecule has 168 valence electrons. The Balaban J connectivity index is 3.04. The van der Waals surface area contributed by atoms with E-state index in [-0.39, 0.29) is 13.2 Å². The van der Waals surface area contributed by atoms with Crippen LogP contribution >= 0.6 is 0 Å². The Morgan fingerprint density at radius 3 is 0.893 bits per heavy atom. The number of ether oxygens (including phenoxy) is 8. The van der Waals surface area contributed by atoms with Crippen LogP contribution in [0.2, 0.25) is 0 Å². The van der Waals surface area contributed by atoms with Crippen molar-refractivity contribution in [2.75, 3.05) is 106 Å². The predicted molar refractivity (Wildman–Crippen MR) is 100 cm³/mol. The first-order chi connectivity index (χ1) is 13.9. The molecule has 0 aromatic heterocycles. The van der Waals surface area contributed by atoms with Crippen LogP contribution < -0.4 is 0 Å². The summed E-state index contributed by atoms with van der Waals surface area (Å²) in [5, 5.41) is 17.0. The molecule has 0 spiro atoms. The minimum atomic E-state index is 0.0203. The summed E-state index contributed by atoms with van der Waals surface area (Å²) in [6.45, 7) is 6.35. The van der Waals surface area contributed by atoms with Crippen LogP contribution in [-0.2, 0) is 37.9 Å². The molecule has 0 radical (unpaired) electrons. The normalized spacial score (nSPS) is 11.4. The average molecular weight is 412 g/mol. The SMILES string of the molecule is OCCOCCOCCO/C=C/OCCOCCOCCOCCOCCO. The maximum Gasteiger partial charge on any atom is 0.117 e. The lowest BCUT2D eigenvalue weighted by molar-refractivity contribution is -0.00934. The van der Waals surface area contributed by atoms with E-state index in [0.29, 0.717) is 92.5 Å². The van der Waals surface area contributed by atoms with Crippen LogP contribution in [0.15, 0.2) is 12.5 Å². The number of aliphatic hydroxyl groups is 2. The highest BCUT2D eigenvalue weighted by atomic mass is 16.6. The lowest BCUT2D eigenvalue weighted by Crippen LogP contribution is -2.13. The number of rotatable bonds is 24. The zero-order chi connectivity index (χ0) is 20.4. The van der Waals surface area contributed by atoms with Gasteiger partial charge >= 0.3 is 0 Å². The molecule has 0 aliphatic rings. The highest BCUT2D eigenvalue weighted by Crippen LogP contribution is 1.86. The fourth-order valence-corrected chi connectivity index (χ4v) is 1.64. The fourth-order valence-electron chi connectivity index (χ4n) is 1.64. The molecular formula is C18H36O10. The summed E-state index contributed by atoms with van der Waals surface area (Å²) in [6.07, 6.45) is 2.93. The Kier molecular flexibility index (Phi) is 25.1. The summed E-state index contributed by atoms with van der Waals surface area (Å²) >= 11 is 0. The summed E-state index contributed by atoms with van der Waals surface area (Å²) in [7, 11) is 0. The Hall–Kier alpha value is -0.980. The van der Waals surface area contributed by atoms with E-state index in [1.54, 1.807) is 0 Å². The van der Waals surface area contributed by atoms with Crippen molar-refractivity contribution in [1.82, 2.24) is 0 Å². The van der Waals surface area contributed by atoms with Crippen molar-refractivity contribution in [3.8, 4) is 0 Å². The van der Waals surface area contributed by atoms with Crippen molar-refractivity contribution >= 4 is 0 Å². The predicted octanol–water partition coefficient (Wildman–Crippen LogP) is -0.425. The van der Waals surface area contributed by atoms with Gasteiger partial charge in [-0.2, -0.15) is 0 Å². The van der Waals surface area contributed by atoms with Crippen molar-refractivity contribution in [3.05, 3.63) is 12.5 Å². The summed E-state index contributed by atoms with van der Waals surface area (Å²) < 4.78 is 41.7. The first kappa shape index (κ1) is 27.0. The number of hydrogen-bond donors (Lipinski definition) is 2. The quantitative estimate of drug-likeness (QED) is 0.160. The molecule has 2 N–H and O–H groups in total. The van der Waals surface area contributed by atoms with E-state index in [1.165, 1.54) is 12.5 Å². The molecule has 28 heavy (non-hydrogen) atoms. The molecular weight excluding hydrogens is 376 g/mol. The van der Waals surface area contributed by atoms with E-state index in [9.17, 15) is 0 Å². The van der Waals surface area contributed by atoms with Crippen LogP contribution in [0.25, 0.3) is 0 Å². The van der Waals surface area contributed by atoms with Gasteiger partial charge in [0.25, 0.3) is 0 Å². The first-order valence-electron chi connectivity index (χ1n) is 9.48. The lowest BCUT2D eigenvalue weighted by Gasteiger charge is -2.07. The zero-order valence-electron chi connectivity index (χ0n) is 16.6. The van der Waals surface area contributed by atoms with Crippen LogP contribution in [0.4, 0.5) is 0 Å². The van der Waals surface area contributed by atoms with Crippen LogP contribution in [0, 0.1) is 0 Å². The molecule has 0 amide bonds. The molecule has 0 saturated carbocycles. The smallest absolute Gasteiger partial charge is 0.117 e. The van der Waals surface area contributed by atoms with Crippen molar-refractivity contribution in [2.45, 2.75) is 0 Å². The average Bonchev–Trinajstić information content (AvgIpc) is 2.71. The number of aliphatic hydroxyl groups excluding tert-OH is 2. The molecule has 0 aromatic carbocycles. The van der Waals surface area contributed by atoms with Crippen molar-refractivity contribution in [2.24, 2.45) is 0 Å². The molecule has 0 bridgehead atoms. The van der Waals surface area contributed by atoms with E-state index < -0.39 is 0 Å².